The Morgan fingerprint density at radius 3 is 2.78 bits per heavy atom. The number of halogens is 1. The first-order chi connectivity index (χ1) is 11.0. The molecule has 0 saturated heterocycles. The van der Waals surface area contributed by atoms with Crippen molar-refractivity contribution in [2.45, 2.75) is 17.2 Å². The lowest BCUT2D eigenvalue weighted by molar-refractivity contribution is -0.385. The van der Waals surface area contributed by atoms with Crippen LogP contribution in [-0.4, -0.2) is 20.1 Å². The smallest absolute Gasteiger partial charge is 0.287 e. The first-order valence-corrected chi connectivity index (χ1v) is 8.03. The highest BCUT2D eigenvalue weighted by molar-refractivity contribution is 9.10. The van der Waals surface area contributed by atoms with Gasteiger partial charge in [-0.2, -0.15) is 0 Å². The summed E-state index contributed by atoms with van der Waals surface area (Å²) in [7, 11) is 0. The molecule has 0 aliphatic rings. The van der Waals surface area contributed by atoms with Crippen LogP contribution in [0.5, 0.6) is 0 Å². The van der Waals surface area contributed by atoms with Gasteiger partial charge in [0.05, 0.1) is 10.5 Å². The van der Waals surface area contributed by atoms with Gasteiger partial charge in [-0.1, -0.05) is 12.1 Å². The van der Waals surface area contributed by atoms with Crippen LogP contribution in [0.4, 0.5) is 5.69 Å². The van der Waals surface area contributed by atoms with Crippen molar-refractivity contribution in [1.82, 2.24) is 15.2 Å². The molecule has 0 saturated carbocycles. The zero-order chi connectivity index (χ0) is 16.4. The molecule has 0 atom stereocenters. The summed E-state index contributed by atoms with van der Waals surface area (Å²) in [5.41, 5.74) is 1.41. The predicted octanol–water partition coefficient (Wildman–Crippen LogP) is 4.26. The summed E-state index contributed by atoms with van der Waals surface area (Å²) in [6.45, 7) is 1.74. The van der Waals surface area contributed by atoms with Gasteiger partial charge in [0.1, 0.15) is 11.2 Å². The minimum atomic E-state index is -0.480. The quantitative estimate of drug-likeness (QED) is 0.483. The Bertz CT molecular complexity index is 884. The molecule has 0 spiro atoms. The van der Waals surface area contributed by atoms with Crippen molar-refractivity contribution in [3.05, 3.63) is 56.7 Å². The average molecular weight is 393 g/mol. The van der Waals surface area contributed by atoms with E-state index in [0.29, 0.717) is 21.7 Å². The second-order valence-corrected chi connectivity index (χ2v) is 6.32. The van der Waals surface area contributed by atoms with Gasteiger partial charge in [-0.25, -0.2) is 4.98 Å². The van der Waals surface area contributed by atoms with Crippen LogP contribution < -0.4 is 0 Å². The van der Waals surface area contributed by atoms with Crippen molar-refractivity contribution < 1.29 is 9.34 Å². The average Bonchev–Trinajstić information content (AvgIpc) is 2.98. The van der Waals surface area contributed by atoms with Gasteiger partial charge in [-0.05, 0) is 52.3 Å². The molecule has 3 aromatic rings. The molecule has 23 heavy (non-hydrogen) atoms. The van der Waals surface area contributed by atoms with Gasteiger partial charge in [0.15, 0.2) is 0 Å². The molecule has 9 heteroatoms. The van der Waals surface area contributed by atoms with Gasteiger partial charge in [0.25, 0.3) is 10.9 Å². The summed E-state index contributed by atoms with van der Waals surface area (Å²) in [4.78, 5) is 14.3. The molecular formula is C14H9BrN4O3S. The second kappa shape index (κ2) is 6.47. The molecule has 0 fully saturated rings. The summed E-state index contributed by atoms with van der Waals surface area (Å²) >= 11 is 4.60. The molecule has 7 nitrogen and oxygen atoms in total. The van der Waals surface area contributed by atoms with Crippen LogP contribution in [0.2, 0.25) is 0 Å². The van der Waals surface area contributed by atoms with Gasteiger partial charge >= 0.3 is 0 Å². The third kappa shape index (κ3) is 3.40. The summed E-state index contributed by atoms with van der Waals surface area (Å²) in [5.74, 6) is 0.388. The zero-order valence-corrected chi connectivity index (χ0v) is 14.2. The number of nitrogens with zero attached hydrogens (tertiary/aromatic N) is 4. The Hall–Kier alpha value is -2.26. The Morgan fingerprint density at radius 2 is 2.09 bits per heavy atom. The maximum atomic E-state index is 10.7. The lowest BCUT2D eigenvalue weighted by Crippen LogP contribution is -1.92. The molecule has 0 N–H and O–H groups in total. The lowest BCUT2D eigenvalue weighted by Gasteiger charge is -2.00. The van der Waals surface area contributed by atoms with Crippen molar-refractivity contribution in [2.24, 2.45) is 0 Å². The summed E-state index contributed by atoms with van der Waals surface area (Å²) in [6.07, 6.45) is 1.21. The maximum Gasteiger partial charge on any atom is 0.287 e. The van der Waals surface area contributed by atoms with Crippen LogP contribution in [0.1, 0.15) is 5.56 Å². The monoisotopic (exact) mass is 392 g/mol. The molecule has 2 heterocycles. The van der Waals surface area contributed by atoms with E-state index < -0.39 is 4.92 Å². The van der Waals surface area contributed by atoms with Crippen LogP contribution in [0.15, 0.2) is 55.7 Å². The van der Waals surface area contributed by atoms with E-state index in [1.165, 1.54) is 24.0 Å². The maximum absolute atomic E-state index is 10.7. The zero-order valence-electron chi connectivity index (χ0n) is 11.8. The van der Waals surface area contributed by atoms with E-state index in [4.69, 9.17) is 4.42 Å². The predicted molar refractivity (Wildman–Crippen MR) is 87.2 cm³/mol. The molecule has 116 valence electrons. The Morgan fingerprint density at radius 1 is 1.30 bits per heavy atom. The largest absolute Gasteiger partial charge is 0.411 e. The topological polar surface area (TPSA) is 95.0 Å². The minimum Gasteiger partial charge on any atom is -0.411 e. The summed E-state index contributed by atoms with van der Waals surface area (Å²) in [5, 5.41) is 19.6. The summed E-state index contributed by atoms with van der Waals surface area (Å²) in [6, 6.07) is 8.97. The van der Waals surface area contributed by atoms with Crippen LogP contribution in [-0.2, 0) is 0 Å². The van der Waals surface area contributed by atoms with Crippen molar-refractivity contribution in [2.75, 3.05) is 0 Å². The molecule has 2 aromatic heterocycles. The Labute approximate surface area is 143 Å². The minimum absolute atomic E-state index is 0.0497. The molecule has 0 amide bonds. The fraction of sp³-hybridized carbons (Fsp3) is 0.0714. The Balaban J connectivity index is 1.85. The molecule has 3 rings (SSSR count). The highest BCUT2D eigenvalue weighted by Crippen LogP contribution is 2.33. The van der Waals surface area contributed by atoms with E-state index in [1.54, 1.807) is 6.92 Å². The van der Waals surface area contributed by atoms with Gasteiger partial charge in [0.2, 0.25) is 5.89 Å². The molecule has 0 aliphatic heterocycles. The number of rotatable bonds is 4. The first-order valence-electron chi connectivity index (χ1n) is 6.42. The summed E-state index contributed by atoms with van der Waals surface area (Å²) < 4.78 is 6.48. The van der Waals surface area contributed by atoms with E-state index >= 15 is 0 Å². The number of hydrogen-bond acceptors (Lipinski definition) is 7. The number of aromatic nitrogens is 3. The number of nitro groups is 1. The molecule has 0 bridgehead atoms. The SMILES string of the molecule is Cc1cc([N+](=O)[O-])cnc1Sc1nnc(-c2ccccc2Br)o1. The first kappa shape index (κ1) is 15.6. The van der Waals surface area contributed by atoms with E-state index in [2.05, 4.69) is 31.1 Å². The molecule has 0 aliphatic carbocycles. The van der Waals surface area contributed by atoms with Gasteiger partial charge in [-0.3, -0.25) is 10.1 Å². The van der Waals surface area contributed by atoms with Crippen LogP contribution >= 0.6 is 27.7 Å². The fourth-order valence-electron chi connectivity index (χ4n) is 1.83. The van der Waals surface area contributed by atoms with E-state index in [-0.39, 0.29) is 5.69 Å². The van der Waals surface area contributed by atoms with E-state index in [1.807, 2.05) is 24.3 Å². The van der Waals surface area contributed by atoms with Gasteiger partial charge < -0.3 is 4.42 Å². The van der Waals surface area contributed by atoms with Crippen molar-refractivity contribution in [3.63, 3.8) is 0 Å². The fourth-order valence-corrected chi connectivity index (χ4v) is 2.98. The van der Waals surface area contributed by atoms with E-state index in [0.717, 1.165) is 10.0 Å². The standard InChI is InChI=1S/C14H9BrN4O3S/c1-8-6-9(19(20)21)7-16-13(8)23-14-18-17-12(22-14)10-4-2-3-5-11(10)15/h2-7H,1H3. The lowest BCUT2D eigenvalue weighted by atomic mass is 10.2. The number of pyridine rings is 1. The number of benzene rings is 1. The second-order valence-electron chi connectivity index (χ2n) is 4.53. The highest BCUT2D eigenvalue weighted by atomic mass is 79.9. The molecular weight excluding hydrogens is 384 g/mol. The molecule has 0 unspecified atom stereocenters. The van der Waals surface area contributed by atoms with Crippen LogP contribution in [0.3, 0.4) is 0 Å². The van der Waals surface area contributed by atoms with E-state index in [9.17, 15) is 10.1 Å². The van der Waals surface area contributed by atoms with Crippen LogP contribution in [0.25, 0.3) is 11.5 Å². The third-order valence-electron chi connectivity index (χ3n) is 2.92. The normalized spacial score (nSPS) is 10.7. The van der Waals surface area contributed by atoms with Crippen molar-refractivity contribution in [3.8, 4) is 11.5 Å². The molecule has 0 radical (unpaired) electrons. The molecule has 1 aromatic carbocycles. The number of aryl methyl sites for hydroxylation is 1. The number of hydrogen-bond donors (Lipinski definition) is 0. The third-order valence-corrected chi connectivity index (χ3v) is 4.57. The Kier molecular flexibility index (Phi) is 4.39. The van der Waals surface area contributed by atoms with Gasteiger partial charge in [0, 0.05) is 10.5 Å². The highest BCUT2D eigenvalue weighted by Gasteiger charge is 2.15. The van der Waals surface area contributed by atoms with Crippen molar-refractivity contribution in [1.29, 1.82) is 0 Å². The van der Waals surface area contributed by atoms with Gasteiger partial charge in [-0.15, -0.1) is 10.2 Å². The van der Waals surface area contributed by atoms with Crippen molar-refractivity contribution >= 4 is 33.4 Å². The van der Waals surface area contributed by atoms with Crippen LogP contribution in [0, 0.1) is 17.0 Å².